The van der Waals surface area contributed by atoms with Crippen molar-refractivity contribution >= 4 is 35.0 Å². The number of benzene rings is 4. The Morgan fingerprint density at radius 3 is 2.20 bits per heavy atom. The zero-order chi connectivity index (χ0) is 24.5. The second kappa shape index (κ2) is 11.8. The molecule has 0 bridgehead atoms. The molecule has 0 aliphatic heterocycles. The molecule has 0 aromatic heterocycles. The Kier molecular flexibility index (Phi) is 8.04. The van der Waals surface area contributed by atoms with Crippen LogP contribution in [0.4, 0.5) is 11.4 Å². The maximum atomic E-state index is 12.5. The highest BCUT2D eigenvalue weighted by Crippen LogP contribution is 2.25. The lowest BCUT2D eigenvalue weighted by Crippen LogP contribution is -2.14. The lowest BCUT2D eigenvalue weighted by Gasteiger charge is -2.09. The van der Waals surface area contributed by atoms with Gasteiger partial charge in [-0.1, -0.05) is 30.3 Å². The number of para-hydroxylation sites is 1. The third-order valence-electron chi connectivity index (χ3n) is 4.91. The van der Waals surface area contributed by atoms with E-state index < -0.39 is 0 Å². The Bertz CT molecular complexity index is 1290. The van der Waals surface area contributed by atoms with Crippen LogP contribution < -0.4 is 20.1 Å². The van der Waals surface area contributed by atoms with Gasteiger partial charge >= 0.3 is 0 Å². The van der Waals surface area contributed by atoms with Gasteiger partial charge in [0, 0.05) is 21.8 Å². The molecule has 6 nitrogen and oxygen atoms in total. The van der Waals surface area contributed by atoms with Gasteiger partial charge in [0.15, 0.2) is 0 Å². The summed E-state index contributed by atoms with van der Waals surface area (Å²) in [7, 11) is 1.56. The Morgan fingerprint density at radius 2 is 1.43 bits per heavy atom. The van der Waals surface area contributed by atoms with Crippen molar-refractivity contribution in [3.05, 3.63) is 109 Å². The lowest BCUT2D eigenvalue weighted by atomic mass is 10.2. The predicted molar refractivity (Wildman–Crippen MR) is 140 cm³/mol. The van der Waals surface area contributed by atoms with Crippen LogP contribution in [-0.4, -0.2) is 24.7 Å². The number of nitrogens with one attached hydrogen (secondary N) is 2. The minimum Gasteiger partial charge on any atom is -0.497 e. The molecule has 0 spiro atoms. The second-order valence-corrected chi connectivity index (χ2v) is 8.54. The van der Waals surface area contributed by atoms with Crippen LogP contribution in [-0.2, 0) is 4.79 Å². The van der Waals surface area contributed by atoms with Crippen LogP contribution in [0.3, 0.4) is 0 Å². The molecule has 0 atom stereocenters. The van der Waals surface area contributed by atoms with Crippen LogP contribution in [0.1, 0.15) is 10.4 Å². The molecule has 7 heteroatoms. The van der Waals surface area contributed by atoms with Crippen molar-refractivity contribution < 1.29 is 19.1 Å². The van der Waals surface area contributed by atoms with Gasteiger partial charge in [0.05, 0.1) is 12.9 Å². The number of amides is 2. The molecule has 0 heterocycles. The molecule has 0 aliphatic carbocycles. The number of ether oxygens (including phenoxy) is 2. The summed E-state index contributed by atoms with van der Waals surface area (Å²) in [5.74, 6) is 1.93. The minimum absolute atomic E-state index is 0.127. The monoisotopic (exact) mass is 484 g/mol. The first-order chi connectivity index (χ1) is 17.1. The first kappa shape index (κ1) is 23.9. The van der Waals surface area contributed by atoms with E-state index in [0.29, 0.717) is 28.4 Å². The van der Waals surface area contributed by atoms with Crippen molar-refractivity contribution in [2.75, 3.05) is 23.5 Å². The molecule has 0 fully saturated rings. The molecule has 176 valence electrons. The molecule has 4 aromatic rings. The van der Waals surface area contributed by atoms with E-state index in [9.17, 15) is 9.59 Å². The number of methoxy groups -OCH3 is 1. The van der Waals surface area contributed by atoms with Gasteiger partial charge in [0.1, 0.15) is 17.2 Å². The van der Waals surface area contributed by atoms with E-state index in [0.717, 1.165) is 10.6 Å². The standard InChI is InChI=1S/C28H24N2O4S/c1-33-25-11-5-7-20(17-25)28(32)30-22-8-6-12-26(18-22)35-19-27(31)29-21-13-15-24(16-14-21)34-23-9-3-2-4-10-23/h2-18H,19H2,1H3,(H,29,31)(H,30,32). The highest BCUT2D eigenvalue weighted by atomic mass is 32.2. The third-order valence-corrected chi connectivity index (χ3v) is 5.90. The zero-order valence-electron chi connectivity index (χ0n) is 19.1. The van der Waals surface area contributed by atoms with E-state index in [1.54, 1.807) is 49.6 Å². The molecule has 2 N–H and O–H groups in total. The molecule has 0 aliphatic rings. The topological polar surface area (TPSA) is 76.7 Å². The molecule has 0 saturated heterocycles. The molecule has 2 amide bonds. The largest absolute Gasteiger partial charge is 0.497 e. The minimum atomic E-state index is -0.233. The van der Waals surface area contributed by atoms with Crippen molar-refractivity contribution in [2.45, 2.75) is 4.90 Å². The summed E-state index contributed by atoms with van der Waals surface area (Å²) in [6.45, 7) is 0. The molecule has 4 rings (SSSR count). The van der Waals surface area contributed by atoms with Gasteiger partial charge < -0.3 is 20.1 Å². The summed E-state index contributed by atoms with van der Waals surface area (Å²) in [6.07, 6.45) is 0. The quantitative estimate of drug-likeness (QED) is 0.266. The van der Waals surface area contributed by atoms with Gasteiger partial charge in [-0.2, -0.15) is 0 Å². The molecule has 35 heavy (non-hydrogen) atoms. The fourth-order valence-electron chi connectivity index (χ4n) is 3.21. The second-order valence-electron chi connectivity index (χ2n) is 7.49. The first-order valence-corrected chi connectivity index (χ1v) is 11.9. The van der Waals surface area contributed by atoms with Gasteiger partial charge in [-0.3, -0.25) is 9.59 Å². The van der Waals surface area contributed by atoms with E-state index >= 15 is 0 Å². The van der Waals surface area contributed by atoms with Crippen molar-refractivity contribution in [1.29, 1.82) is 0 Å². The van der Waals surface area contributed by atoms with Crippen LogP contribution >= 0.6 is 11.8 Å². The molecule has 0 saturated carbocycles. The lowest BCUT2D eigenvalue weighted by molar-refractivity contribution is -0.113. The number of rotatable bonds is 9. The van der Waals surface area contributed by atoms with Crippen LogP contribution in [0.2, 0.25) is 0 Å². The maximum Gasteiger partial charge on any atom is 0.255 e. The summed E-state index contributed by atoms with van der Waals surface area (Å²) >= 11 is 1.39. The highest BCUT2D eigenvalue weighted by molar-refractivity contribution is 8.00. The van der Waals surface area contributed by atoms with Gasteiger partial charge in [-0.05, 0) is 72.8 Å². The SMILES string of the molecule is COc1cccc(C(=O)Nc2cccc(SCC(=O)Nc3ccc(Oc4ccccc4)cc3)c2)c1. The van der Waals surface area contributed by atoms with Crippen LogP contribution in [0, 0.1) is 0 Å². The van der Waals surface area contributed by atoms with Crippen molar-refractivity contribution in [3.63, 3.8) is 0 Å². The Balaban J connectivity index is 1.28. The highest BCUT2D eigenvalue weighted by Gasteiger charge is 2.09. The summed E-state index contributed by atoms with van der Waals surface area (Å²) in [4.78, 5) is 25.8. The molecular formula is C28H24N2O4S. The number of hydrogen-bond acceptors (Lipinski definition) is 5. The van der Waals surface area contributed by atoms with Gasteiger partial charge in [0.2, 0.25) is 5.91 Å². The number of thioether (sulfide) groups is 1. The fourth-order valence-corrected chi connectivity index (χ4v) is 3.96. The molecular weight excluding hydrogens is 460 g/mol. The predicted octanol–water partition coefficient (Wildman–Crippen LogP) is 6.47. The number of carbonyl (C=O) groups is 2. The normalized spacial score (nSPS) is 10.3. The average molecular weight is 485 g/mol. The summed E-state index contributed by atoms with van der Waals surface area (Å²) in [5, 5.41) is 5.77. The van der Waals surface area contributed by atoms with Gasteiger partial charge in [-0.25, -0.2) is 0 Å². The van der Waals surface area contributed by atoms with Gasteiger partial charge in [0.25, 0.3) is 5.91 Å². The molecule has 0 unspecified atom stereocenters. The number of hydrogen-bond donors (Lipinski definition) is 2. The molecule has 0 radical (unpaired) electrons. The zero-order valence-corrected chi connectivity index (χ0v) is 19.9. The maximum absolute atomic E-state index is 12.5. The van der Waals surface area contributed by atoms with E-state index in [2.05, 4.69) is 10.6 Å². The fraction of sp³-hybridized carbons (Fsp3) is 0.0714. The Labute approximate surface area is 208 Å². The van der Waals surface area contributed by atoms with E-state index in [1.165, 1.54) is 11.8 Å². The first-order valence-electron chi connectivity index (χ1n) is 10.9. The van der Waals surface area contributed by atoms with Crippen molar-refractivity contribution in [1.82, 2.24) is 0 Å². The van der Waals surface area contributed by atoms with E-state index in [4.69, 9.17) is 9.47 Å². The summed E-state index contributed by atoms with van der Waals surface area (Å²) in [5.41, 5.74) is 1.84. The smallest absolute Gasteiger partial charge is 0.255 e. The van der Waals surface area contributed by atoms with Crippen molar-refractivity contribution in [3.8, 4) is 17.2 Å². The Morgan fingerprint density at radius 1 is 0.714 bits per heavy atom. The molecule has 4 aromatic carbocycles. The van der Waals surface area contributed by atoms with Crippen LogP contribution in [0.5, 0.6) is 17.2 Å². The van der Waals surface area contributed by atoms with Crippen LogP contribution in [0.25, 0.3) is 0 Å². The third kappa shape index (κ3) is 7.12. The summed E-state index contributed by atoms with van der Waals surface area (Å²) in [6, 6.07) is 31.1. The summed E-state index contributed by atoms with van der Waals surface area (Å²) < 4.78 is 10.9. The average Bonchev–Trinajstić information content (AvgIpc) is 2.89. The van der Waals surface area contributed by atoms with Crippen LogP contribution in [0.15, 0.2) is 108 Å². The number of carbonyl (C=O) groups excluding carboxylic acids is 2. The van der Waals surface area contributed by atoms with Crippen molar-refractivity contribution in [2.24, 2.45) is 0 Å². The number of anilines is 2. The van der Waals surface area contributed by atoms with E-state index in [1.807, 2.05) is 60.7 Å². The van der Waals surface area contributed by atoms with E-state index in [-0.39, 0.29) is 17.6 Å². The van der Waals surface area contributed by atoms with Gasteiger partial charge in [-0.15, -0.1) is 11.8 Å². The Hall–Kier alpha value is -4.23.